The third-order valence-corrected chi connectivity index (χ3v) is 2.95. The fraction of sp³-hybridized carbons (Fsp3) is 0.300. The van der Waals surface area contributed by atoms with Crippen molar-refractivity contribution < 1.29 is 0 Å². The predicted molar refractivity (Wildman–Crippen MR) is 49.6 cm³/mol. The first-order valence-corrected chi connectivity index (χ1v) is 4.95. The second kappa shape index (κ2) is 3.31. The lowest BCUT2D eigenvalue weighted by molar-refractivity contribution is 1.38. The number of thioether (sulfide) groups is 1. The first-order chi connectivity index (χ1) is 5.45. The van der Waals surface area contributed by atoms with Crippen molar-refractivity contribution >= 4 is 11.8 Å². The molecule has 11 heavy (non-hydrogen) atoms. The topological polar surface area (TPSA) is 0 Å². The molecule has 0 amide bonds. The van der Waals surface area contributed by atoms with Crippen LogP contribution in [0.3, 0.4) is 0 Å². The van der Waals surface area contributed by atoms with Gasteiger partial charge in [0.15, 0.2) is 0 Å². The molecule has 0 saturated heterocycles. The third-order valence-electron chi connectivity index (χ3n) is 1.79. The molecule has 57 valence electrons. The van der Waals surface area contributed by atoms with Gasteiger partial charge in [0, 0.05) is 10.6 Å². The van der Waals surface area contributed by atoms with E-state index < -0.39 is 0 Å². The van der Waals surface area contributed by atoms with Gasteiger partial charge in [-0.1, -0.05) is 18.2 Å². The lowest BCUT2D eigenvalue weighted by Gasteiger charge is -1.97. The molecule has 0 N–H and O–H groups in total. The van der Waals surface area contributed by atoms with Gasteiger partial charge in [-0.2, -0.15) is 0 Å². The van der Waals surface area contributed by atoms with E-state index in [0.29, 0.717) is 0 Å². The average Bonchev–Trinajstić information content (AvgIpc) is 2.86. The standard InChI is InChI=1S/C10H11S/c1-2-4-10(5-3-1)11-8-9-6-7-9/h1-5H,6-8H2. The van der Waals surface area contributed by atoms with Crippen LogP contribution < -0.4 is 0 Å². The number of hydrogen-bond acceptors (Lipinski definition) is 1. The quantitative estimate of drug-likeness (QED) is 0.617. The van der Waals surface area contributed by atoms with Crippen LogP contribution in [0.4, 0.5) is 0 Å². The van der Waals surface area contributed by atoms with E-state index in [0.717, 1.165) is 0 Å². The fourth-order valence-corrected chi connectivity index (χ4v) is 1.94. The van der Waals surface area contributed by atoms with Crippen molar-refractivity contribution in [3.63, 3.8) is 0 Å². The van der Waals surface area contributed by atoms with Gasteiger partial charge in [-0.25, -0.2) is 0 Å². The Morgan fingerprint density at radius 2 is 1.82 bits per heavy atom. The average molecular weight is 163 g/mol. The Morgan fingerprint density at radius 3 is 2.45 bits per heavy atom. The van der Waals surface area contributed by atoms with E-state index >= 15 is 0 Å². The van der Waals surface area contributed by atoms with Crippen molar-refractivity contribution in [1.82, 2.24) is 0 Å². The Kier molecular flexibility index (Phi) is 2.18. The largest absolute Gasteiger partial charge is 0.126 e. The summed E-state index contributed by atoms with van der Waals surface area (Å²) in [5, 5.41) is 0. The molecule has 1 aromatic carbocycles. The molecule has 0 aliphatic heterocycles. The highest BCUT2D eigenvalue weighted by Gasteiger charge is 2.21. The van der Waals surface area contributed by atoms with Gasteiger partial charge in [0.25, 0.3) is 0 Å². The zero-order valence-electron chi connectivity index (χ0n) is 6.42. The van der Waals surface area contributed by atoms with E-state index in [1.807, 2.05) is 11.8 Å². The summed E-state index contributed by atoms with van der Waals surface area (Å²) in [6.45, 7) is 0. The summed E-state index contributed by atoms with van der Waals surface area (Å²) in [5.41, 5.74) is 0. The number of benzene rings is 1. The van der Waals surface area contributed by atoms with E-state index in [1.54, 1.807) is 5.92 Å². The number of hydrogen-bond donors (Lipinski definition) is 0. The summed E-state index contributed by atoms with van der Waals surface area (Å²) < 4.78 is 0. The van der Waals surface area contributed by atoms with Crippen LogP contribution in [0.15, 0.2) is 35.2 Å². The van der Waals surface area contributed by atoms with Crippen molar-refractivity contribution in [2.45, 2.75) is 17.7 Å². The van der Waals surface area contributed by atoms with Crippen molar-refractivity contribution in [3.05, 3.63) is 36.2 Å². The summed E-state index contributed by atoms with van der Waals surface area (Å²) in [6, 6.07) is 10.6. The van der Waals surface area contributed by atoms with Gasteiger partial charge in [0.2, 0.25) is 0 Å². The molecule has 0 aromatic heterocycles. The Labute approximate surface area is 72.0 Å². The van der Waals surface area contributed by atoms with Crippen molar-refractivity contribution in [2.24, 2.45) is 0 Å². The lowest BCUT2D eigenvalue weighted by atomic mass is 10.4. The second-order valence-electron chi connectivity index (χ2n) is 2.85. The van der Waals surface area contributed by atoms with Gasteiger partial charge in [-0.05, 0) is 30.9 Å². The van der Waals surface area contributed by atoms with Crippen LogP contribution in [0.2, 0.25) is 0 Å². The minimum Gasteiger partial charge on any atom is -0.126 e. The fourth-order valence-electron chi connectivity index (χ4n) is 0.935. The van der Waals surface area contributed by atoms with Gasteiger partial charge < -0.3 is 0 Å². The van der Waals surface area contributed by atoms with E-state index in [-0.39, 0.29) is 0 Å². The normalized spacial score (nSPS) is 16.7. The highest BCUT2D eigenvalue weighted by molar-refractivity contribution is 7.99. The highest BCUT2D eigenvalue weighted by atomic mass is 32.2. The Bertz CT molecular complexity index is 214. The molecule has 0 nitrogen and oxygen atoms in total. The highest BCUT2D eigenvalue weighted by Crippen LogP contribution is 2.36. The molecule has 0 unspecified atom stereocenters. The van der Waals surface area contributed by atoms with Crippen molar-refractivity contribution in [2.75, 3.05) is 5.75 Å². The summed E-state index contributed by atoms with van der Waals surface area (Å²) in [6.07, 6.45) is 2.75. The molecular weight excluding hydrogens is 152 g/mol. The van der Waals surface area contributed by atoms with Crippen LogP contribution >= 0.6 is 11.8 Å². The lowest BCUT2D eigenvalue weighted by Crippen LogP contribution is -1.77. The first kappa shape index (κ1) is 7.23. The Morgan fingerprint density at radius 1 is 1.09 bits per heavy atom. The SMILES string of the molecule is c1ccc(SC[C]2CC2)cc1. The molecule has 1 fully saturated rings. The Balaban J connectivity index is 1.85. The summed E-state index contributed by atoms with van der Waals surface area (Å²) >= 11 is 1.95. The summed E-state index contributed by atoms with van der Waals surface area (Å²) in [7, 11) is 0. The van der Waals surface area contributed by atoms with Gasteiger partial charge in [0.1, 0.15) is 0 Å². The molecule has 1 aliphatic carbocycles. The summed E-state index contributed by atoms with van der Waals surface area (Å²) in [4.78, 5) is 1.40. The van der Waals surface area contributed by atoms with Gasteiger partial charge in [-0.15, -0.1) is 11.8 Å². The van der Waals surface area contributed by atoms with Crippen LogP contribution in [-0.4, -0.2) is 5.75 Å². The maximum absolute atomic E-state index is 2.17. The minimum atomic E-state index is 1.24. The van der Waals surface area contributed by atoms with Crippen LogP contribution in [0, 0.1) is 5.92 Å². The molecule has 0 heterocycles. The van der Waals surface area contributed by atoms with Gasteiger partial charge in [-0.3, -0.25) is 0 Å². The van der Waals surface area contributed by atoms with Crippen LogP contribution in [0.5, 0.6) is 0 Å². The predicted octanol–water partition coefficient (Wildman–Crippen LogP) is 3.15. The first-order valence-electron chi connectivity index (χ1n) is 3.96. The molecule has 0 spiro atoms. The van der Waals surface area contributed by atoms with Crippen LogP contribution in [-0.2, 0) is 0 Å². The summed E-state index contributed by atoms with van der Waals surface area (Å²) in [5.74, 6) is 2.96. The molecule has 2 rings (SSSR count). The van der Waals surface area contributed by atoms with Crippen LogP contribution in [0.25, 0.3) is 0 Å². The van der Waals surface area contributed by atoms with Gasteiger partial charge >= 0.3 is 0 Å². The van der Waals surface area contributed by atoms with E-state index in [2.05, 4.69) is 30.3 Å². The molecule has 0 atom stereocenters. The van der Waals surface area contributed by atoms with Gasteiger partial charge in [0.05, 0.1) is 0 Å². The molecular formula is C10H11S. The monoisotopic (exact) mass is 163 g/mol. The smallest absolute Gasteiger partial charge is 0.00721 e. The maximum Gasteiger partial charge on any atom is 0.00721 e. The third kappa shape index (κ3) is 2.26. The maximum atomic E-state index is 2.17. The molecule has 1 saturated carbocycles. The molecule has 1 aliphatic rings. The number of rotatable bonds is 3. The minimum absolute atomic E-state index is 1.24. The molecule has 0 bridgehead atoms. The molecule has 1 heteroatoms. The van der Waals surface area contributed by atoms with Crippen molar-refractivity contribution in [1.29, 1.82) is 0 Å². The van der Waals surface area contributed by atoms with E-state index in [9.17, 15) is 0 Å². The van der Waals surface area contributed by atoms with Crippen LogP contribution in [0.1, 0.15) is 12.8 Å². The zero-order valence-corrected chi connectivity index (χ0v) is 7.23. The molecule has 1 radical (unpaired) electrons. The second-order valence-corrected chi connectivity index (χ2v) is 3.90. The molecule has 1 aromatic rings. The Hall–Kier alpha value is -0.430. The van der Waals surface area contributed by atoms with E-state index in [4.69, 9.17) is 0 Å². The zero-order chi connectivity index (χ0) is 7.52. The van der Waals surface area contributed by atoms with Crippen molar-refractivity contribution in [3.8, 4) is 0 Å². The van der Waals surface area contributed by atoms with E-state index in [1.165, 1.54) is 23.5 Å².